The molecule has 0 unspecified atom stereocenters. The van der Waals surface area contributed by atoms with Crippen molar-refractivity contribution in [2.75, 3.05) is 7.11 Å². The molecule has 1 amide bonds. The average Bonchev–Trinajstić information content (AvgIpc) is 2.39. The third-order valence-corrected chi connectivity index (χ3v) is 2.85. The summed E-state index contributed by atoms with van der Waals surface area (Å²) in [6.45, 7) is 5.83. The van der Waals surface area contributed by atoms with E-state index < -0.39 is 6.10 Å². The number of methoxy groups -OCH3 is 1. The Balaban J connectivity index is 2.58. The predicted octanol–water partition coefficient (Wildman–Crippen LogP) is 2.77. The van der Waals surface area contributed by atoms with Gasteiger partial charge < -0.3 is 14.8 Å². The van der Waals surface area contributed by atoms with Gasteiger partial charge in [-0.25, -0.2) is 0 Å². The smallest absolute Gasteiger partial charge is 0.260 e. The molecule has 0 aliphatic heterocycles. The zero-order valence-corrected chi connectivity index (χ0v) is 12.1. The minimum Gasteiger partial charge on any atom is -0.493 e. The molecule has 1 aromatic rings. The number of carbonyl (C=O) groups is 1. The Morgan fingerprint density at radius 1 is 1.26 bits per heavy atom. The fourth-order valence-electron chi connectivity index (χ4n) is 1.83. The molecule has 1 aromatic carbocycles. The molecular weight excluding hydrogens is 242 g/mol. The monoisotopic (exact) mass is 265 g/mol. The van der Waals surface area contributed by atoms with E-state index in [1.807, 2.05) is 19.1 Å². The van der Waals surface area contributed by atoms with Gasteiger partial charge in [0.15, 0.2) is 17.6 Å². The van der Waals surface area contributed by atoms with E-state index in [2.05, 4.69) is 12.2 Å². The Kier molecular flexibility index (Phi) is 6.19. The molecule has 19 heavy (non-hydrogen) atoms. The van der Waals surface area contributed by atoms with Crippen molar-refractivity contribution in [1.29, 1.82) is 0 Å². The second-order valence-electron chi connectivity index (χ2n) is 4.61. The number of rotatable bonds is 7. The summed E-state index contributed by atoms with van der Waals surface area (Å²) in [7, 11) is 1.58. The molecule has 2 atom stereocenters. The topological polar surface area (TPSA) is 47.6 Å². The van der Waals surface area contributed by atoms with Crippen LogP contribution in [-0.4, -0.2) is 25.2 Å². The van der Waals surface area contributed by atoms with E-state index in [0.29, 0.717) is 11.5 Å². The van der Waals surface area contributed by atoms with Crippen molar-refractivity contribution < 1.29 is 14.3 Å². The van der Waals surface area contributed by atoms with E-state index in [1.54, 1.807) is 26.2 Å². The van der Waals surface area contributed by atoms with Gasteiger partial charge in [-0.2, -0.15) is 0 Å². The van der Waals surface area contributed by atoms with Gasteiger partial charge in [-0.1, -0.05) is 25.5 Å². The van der Waals surface area contributed by atoms with Gasteiger partial charge in [-0.15, -0.1) is 0 Å². The quantitative estimate of drug-likeness (QED) is 0.824. The lowest BCUT2D eigenvalue weighted by atomic mass is 10.2. The fourth-order valence-corrected chi connectivity index (χ4v) is 1.83. The number of benzene rings is 1. The lowest BCUT2D eigenvalue weighted by molar-refractivity contribution is -0.127. The minimum absolute atomic E-state index is 0.105. The maximum atomic E-state index is 12.0. The summed E-state index contributed by atoms with van der Waals surface area (Å²) in [6, 6.07) is 7.47. The molecule has 1 N–H and O–H groups in total. The SMILES string of the molecule is CCC[C@@H](C)NC(=O)[C@@H](C)Oc1ccccc1OC. The maximum absolute atomic E-state index is 12.0. The normalized spacial score (nSPS) is 13.5. The van der Waals surface area contributed by atoms with Crippen molar-refractivity contribution in [2.24, 2.45) is 0 Å². The first kappa shape index (κ1) is 15.3. The number of nitrogens with one attached hydrogen (secondary N) is 1. The molecule has 0 saturated carbocycles. The molecule has 0 fully saturated rings. The molecule has 0 spiro atoms. The predicted molar refractivity (Wildman–Crippen MR) is 75.6 cm³/mol. The van der Waals surface area contributed by atoms with E-state index >= 15 is 0 Å². The first-order valence-electron chi connectivity index (χ1n) is 6.68. The highest BCUT2D eigenvalue weighted by Crippen LogP contribution is 2.26. The number of para-hydroxylation sites is 2. The van der Waals surface area contributed by atoms with Crippen LogP contribution in [0.25, 0.3) is 0 Å². The molecule has 0 radical (unpaired) electrons. The van der Waals surface area contributed by atoms with E-state index in [1.165, 1.54) is 0 Å². The summed E-state index contributed by atoms with van der Waals surface area (Å²) in [6.07, 6.45) is 1.46. The summed E-state index contributed by atoms with van der Waals surface area (Å²) >= 11 is 0. The van der Waals surface area contributed by atoms with Crippen molar-refractivity contribution in [1.82, 2.24) is 5.32 Å². The number of carbonyl (C=O) groups excluding carboxylic acids is 1. The highest BCUT2D eigenvalue weighted by atomic mass is 16.5. The van der Waals surface area contributed by atoms with Crippen molar-refractivity contribution in [3.05, 3.63) is 24.3 Å². The van der Waals surface area contributed by atoms with Gasteiger partial charge >= 0.3 is 0 Å². The van der Waals surface area contributed by atoms with Gasteiger partial charge in [0.2, 0.25) is 0 Å². The Hall–Kier alpha value is -1.71. The van der Waals surface area contributed by atoms with Crippen LogP contribution in [0, 0.1) is 0 Å². The number of amides is 1. The molecule has 0 aliphatic carbocycles. The first-order valence-corrected chi connectivity index (χ1v) is 6.68. The van der Waals surface area contributed by atoms with Gasteiger partial charge in [-0.05, 0) is 32.4 Å². The molecule has 4 heteroatoms. The van der Waals surface area contributed by atoms with Gasteiger partial charge in [0, 0.05) is 6.04 Å². The standard InChI is InChI=1S/C15H23NO3/c1-5-8-11(2)16-15(17)12(3)19-14-10-7-6-9-13(14)18-4/h6-7,9-12H,5,8H2,1-4H3,(H,16,17)/t11-,12-/m1/s1. The van der Waals surface area contributed by atoms with Crippen LogP contribution in [0.3, 0.4) is 0 Å². The number of ether oxygens (including phenoxy) is 2. The van der Waals surface area contributed by atoms with Gasteiger partial charge in [0.25, 0.3) is 5.91 Å². The average molecular weight is 265 g/mol. The lowest BCUT2D eigenvalue weighted by Gasteiger charge is -2.19. The molecule has 0 aliphatic rings. The Bertz CT molecular complexity index is 406. The van der Waals surface area contributed by atoms with Crippen molar-refractivity contribution in [2.45, 2.75) is 45.8 Å². The molecule has 0 aromatic heterocycles. The third kappa shape index (κ3) is 4.81. The zero-order chi connectivity index (χ0) is 14.3. The van der Waals surface area contributed by atoms with Crippen LogP contribution in [0.2, 0.25) is 0 Å². The third-order valence-electron chi connectivity index (χ3n) is 2.85. The van der Waals surface area contributed by atoms with Crippen LogP contribution < -0.4 is 14.8 Å². The van der Waals surface area contributed by atoms with Crippen LogP contribution in [0.5, 0.6) is 11.5 Å². The molecular formula is C15H23NO3. The molecule has 0 saturated heterocycles. The molecule has 4 nitrogen and oxygen atoms in total. The highest BCUT2D eigenvalue weighted by Gasteiger charge is 2.17. The first-order chi connectivity index (χ1) is 9.08. The molecule has 0 heterocycles. The lowest BCUT2D eigenvalue weighted by Crippen LogP contribution is -2.41. The second kappa shape index (κ2) is 7.67. The van der Waals surface area contributed by atoms with Crippen LogP contribution in [0.15, 0.2) is 24.3 Å². The van der Waals surface area contributed by atoms with E-state index in [-0.39, 0.29) is 11.9 Å². The zero-order valence-electron chi connectivity index (χ0n) is 12.1. The van der Waals surface area contributed by atoms with Gasteiger partial charge in [0.05, 0.1) is 7.11 Å². The summed E-state index contributed by atoms with van der Waals surface area (Å²) < 4.78 is 10.8. The molecule has 1 rings (SSSR count). The van der Waals surface area contributed by atoms with Crippen LogP contribution >= 0.6 is 0 Å². The number of hydrogen-bond acceptors (Lipinski definition) is 3. The Morgan fingerprint density at radius 2 is 1.89 bits per heavy atom. The van der Waals surface area contributed by atoms with E-state index in [0.717, 1.165) is 12.8 Å². The second-order valence-corrected chi connectivity index (χ2v) is 4.61. The summed E-state index contributed by atoms with van der Waals surface area (Å²) in [5, 5.41) is 2.93. The van der Waals surface area contributed by atoms with Crippen molar-refractivity contribution in [3.8, 4) is 11.5 Å². The largest absolute Gasteiger partial charge is 0.493 e. The fraction of sp³-hybridized carbons (Fsp3) is 0.533. The summed E-state index contributed by atoms with van der Waals surface area (Å²) in [5.74, 6) is 1.10. The molecule has 0 bridgehead atoms. The van der Waals surface area contributed by atoms with Crippen LogP contribution in [0.4, 0.5) is 0 Å². The van der Waals surface area contributed by atoms with Gasteiger partial charge in [0.1, 0.15) is 0 Å². The summed E-state index contributed by atoms with van der Waals surface area (Å²) in [5.41, 5.74) is 0. The highest BCUT2D eigenvalue weighted by molar-refractivity contribution is 5.81. The van der Waals surface area contributed by atoms with E-state index in [9.17, 15) is 4.79 Å². The summed E-state index contributed by atoms with van der Waals surface area (Å²) in [4.78, 5) is 12.0. The van der Waals surface area contributed by atoms with Gasteiger partial charge in [-0.3, -0.25) is 4.79 Å². The Labute approximate surface area is 115 Å². The molecule has 106 valence electrons. The Morgan fingerprint density at radius 3 is 2.47 bits per heavy atom. The maximum Gasteiger partial charge on any atom is 0.260 e. The van der Waals surface area contributed by atoms with Crippen LogP contribution in [-0.2, 0) is 4.79 Å². The van der Waals surface area contributed by atoms with Crippen molar-refractivity contribution >= 4 is 5.91 Å². The van der Waals surface area contributed by atoms with E-state index in [4.69, 9.17) is 9.47 Å². The van der Waals surface area contributed by atoms with Crippen LogP contribution in [0.1, 0.15) is 33.6 Å². The van der Waals surface area contributed by atoms with Crippen molar-refractivity contribution in [3.63, 3.8) is 0 Å². The minimum atomic E-state index is -0.546. The number of hydrogen-bond donors (Lipinski definition) is 1.